The molecule has 0 bridgehead atoms. The molecule has 0 amide bonds. The molecule has 18 heavy (non-hydrogen) atoms. The lowest BCUT2D eigenvalue weighted by Gasteiger charge is -2.20. The number of thioether (sulfide) groups is 2. The summed E-state index contributed by atoms with van der Waals surface area (Å²) in [5, 5.41) is 8.08. The molecule has 0 aliphatic heterocycles. The van der Waals surface area contributed by atoms with Gasteiger partial charge in [-0.25, -0.2) is 0 Å². The van der Waals surface area contributed by atoms with Crippen LogP contribution in [0.2, 0.25) is 0 Å². The van der Waals surface area contributed by atoms with Crippen molar-refractivity contribution in [2.75, 3.05) is 19.1 Å². The van der Waals surface area contributed by atoms with Gasteiger partial charge < -0.3 is 10.5 Å². The molecule has 1 rings (SSSR count). The fourth-order valence-corrected chi connectivity index (χ4v) is 3.72. The first-order chi connectivity index (χ1) is 8.49. The Bertz CT molecular complexity index is 395. The van der Waals surface area contributed by atoms with Gasteiger partial charge in [0.15, 0.2) is 8.68 Å². The molecular weight excluding hydrogens is 290 g/mol. The van der Waals surface area contributed by atoms with Crippen molar-refractivity contribution in [3.05, 3.63) is 0 Å². The molecule has 0 aliphatic rings. The molecule has 0 aromatic carbocycles. The molecule has 1 heterocycles. The van der Waals surface area contributed by atoms with E-state index in [0.717, 1.165) is 20.9 Å². The SMILES string of the molecule is COC(=O)C(C)(N)CCCSc1nnc(SC)s1. The van der Waals surface area contributed by atoms with Gasteiger partial charge in [0, 0.05) is 5.75 Å². The molecule has 0 fully saturated rings. The highest BCUT2D eigenvalue weighted by Gasteiger charge is 2.28. The Morgan fingerprint density at radius 2 is 2.17 bits per heavy atom. The van der Waals surface area contributed by atoms with E-state index in [-0.39, 0.29) is 5.97 Å². The van der Waals surface area contributed by atoms with Crippen molar-refractivity contribution in [1.29, 1.82) is 0 Å². The predicted octanol–water partition coefficient (Wildman–Crippen LogP) is 2.02. The predicted molar refractivity (Wildman–Crippen MR) is 76.3 cm³/mol. The van der Waals surface area contributed by atoms with Crippen molar-refractivity contribution in [2.24, 2.45) is 5.73 Å². The highest BCUT2D eigenvalue weighted by molar-refractivity contribution is 8.02. The molecule has 2 N–H and O–H groups in total. The van der Waals surface area contributed by atoms with E-state index in [4.69, 9.17) is 5.73 Å². The van der Waals surface area contributed by atoms with Crippen molar-refractivity contribution in [1.82, 2.24) is 10.2 Å². The second kappa shape index (κ2) is 7.32. The number of hydrogen-bond acceptors (Lipinski definition) is 8. The van der Waals surface area contributed by atoms with Crippen LogP contribution in [0, 0.1) is 0 Å². The number of carbonyl (C=O) groups excluding carboxylic acids is 1. The minimum absolute atomic E-state index is 0.368. The fraction of sp³-hybridized carbons (Fsp3) is 0.700. The number of aromatic nitrogens is 2. The third-order valence-electron chi connectivity index (χ3n) is 2.28. The zero-order valence-corrected chi connectivity index (χ0v) is 13.1. The first-order valence-electron chi connectivity index (χ1n) is 5.37. The molecule has 1 atom stereocenters. The topological polar surface area (TPSA) is 78.1 Å². The molecule has 102 valence electrons. The Balaban J connectivity index is 2.28. The first kappa shape index (κ1) is 15.7. The lowest BCUT2D eigenvalue weighted by atomic mass is 9.98. The first-order valence-corrected chi connectivity index (χ1v) is 8.40. The molecule has 0 radical (unpaired) electrons. The molecule has 0 spiro atoms. The van der Waals surface area contributed by atoms with E-state index in [9.17, 15) is 4.79 Å². The van der Waals surface area contributed by atoms with Gasteiger partial charge in [-0.1, -0.05) is 34.9 Å². The highest BCUT2D eigenvalue weighted by atomic mass is 32.2. The highest BCUT2D eigenvalue weighted by Crippen LogP contribution is 2.28. The molecule has 1 aromatic heterocycles. The Morgan fingerprint density at radius 3 is 2.72 bits per heavy atom. The average molecular weight is 307 g/mol. The monoisotopic (exact) mass is 307 g/mol. The number of methoxy groups -OCH3 is 1. The lowest BCUT2D eigenvalue weighted by molar-refractivity contribution is -0.146. The summed E-state index contributed by atoms with van der Waals surface area (Å²) in [6.45, 7) is 1.69. The van der Waals surface area contributed by atoms with Gasteiger partial charge in [0.2, 0.25) is 0 Å². The summed E-state index contributed by atoms with van der Waals surface area (Å²) in [6.07, 6.45) is 3.41. The third-order valence-corrected chi connectivity index (χ3v) is 5.40. The maximum Gasteiger partial charge on any atom is 0.325 e. The van der Waals surface area contributed by atoms with Gasteiger partial charge in [0.1, 0.15) is 5.54 Å². The third kappa shape index (κ3) is 4.75. The van der Waals surface area contributed by atoms with E-state index in [2.05, 4.69) is 14.9 Å². The maximum absolute atomic E-state index is 11.4. The summed E-state index contributed by atoms with van der Waals surface area (Å²) in [6, 6.07) is 0. The van der Waals surface area contributed by atoms with Crippen LogP contribution >= 0.6 is 34.9 Å². The number of nitrogens with zero attached hydrogens (tertiary/aromatic N) is 2. The number of ether oxygens (including phenoxy) is 1. The average Bonchev–Trinajstić information content (AvgIpc) is 2.81. The molecule has 0 aliphatic carbocycles. The normalized spacial score (nSPS) is 14.2. The van der Waals surface area contributed by atoms with Crippen molar-refractivity contribution in [2.45, 2.75) is 34.0 Å². The molecule has 8 heteroatoms. The van der Waals surface area contributed by atoms with Gasteiger partial charge >= 0.3 is 5.97 Å². The molecular formula is C10H17N3O2S3. The standard InChI is InChI=1S/C10H17N3O2S3/c1-10(11,7(14)15-2)5-4-6-17-9-13-12-8(16-3)18-9/h4-6,11H2,1-3H3. The smallest absolute Gasteiger partial charge is 0.325 e. The maximum atomic E-state index is 11.4. The number of esters is 1. The largest absolute Gasteiger partial charge is 0.468 e. The Kier molecular flexibility index (Phi) is 6.40. The van der Waals surface area contributed by atoms with Crippen LogP contribution in [-0.2, 0) is 9.53 Å². The number of rotatable bonds is 7. The van der Waals surface area contributed by atoms with Crippen molar-refractivity contribution in [3.63, 3.8) is 0 Å². The van der Waals surface area contributed by atoms with Gasteiger partial charge in [-0.05, 0) is 26.0 Å². The van der Waals surface area contributed by atoms with E-state index < -0.39 is 5.54 Å². The summed E-state index contributed by atoms with van der Waals surface area (Å²) in [5.41, 5.74) is 4.96. The van der Waals surface area contributed by atoms with Crippen molar-refractivity contribution < 1.29 is 9.53 Å². The summed E-state index contributed by atoms with van der Waals surface area (Å²) >= 11 is 4.81. The molecule has 1 unspecified atom stereocenters. The fourth-order valence-electron chi connectivity index (χ4n) is 1.27. The number of nitrogens with two attached hydrogens (primary N) is 1. The van der Waals surface area contributed by atoms with E-state index >= 15 is 0 Å². The van der Waals surface area contributed by atoms with Gasteiger partial charge in [-0.2, -0.15) is 0 Å². The van der Waals surface area contributed by atoms with Crippen LogP contribution in [0.25, 0.3) is 0 Å². The minimum Gasteiger partial charge on any atom is -0.468 e. The van der Waals surface area contributed by atoms with Crippen LogP contribution in [-0.4, -0.2) is 40.8 Å². The second-order valence-corrected chi connectivity index (χ2v) is 7.27. The zero-order chi connectivity index (χ0) is 13.6. The quantitative estimate of drug-likeness (QED) is 0.469. The summed E-state index contributed by atoms with van der Waals surface area (Å²) < 4.78 is 6.58. The summed E-state index contributed by atoms with van der Waals surface area (Å²) in [7, 11) is 1.35. The van der Waals surface area contributed by atoms with Crippen LogP contribution in [0.15, 0.2) is 8.68 Å². The molecule has 1 aromatic rings. The molecule has 5 nitrogen and oxygen atoms in total. The van der Waals surface area contributed by atoms with E-state index in [0.29, 0.717) is 6.42 Å². The summed E-state index contributed by atoms with van der Waals surface area (Å²) in [5.74, 6) is 0.500. The van der Waals surface area contributed by atoms with Gasteiger partial charge in [-0.15, -0.1) is 10.2 Å². The Labute approximate surface area is 119 Å². The lowest BCUT2D eigenvalue weighted by Crippen LogP contribution is -2.45. The van der Waals surface area contributed by atoms with E-state index in [1.807, 2.05) is 6.26 Å². The zero-order valence-electron chi connectivity index (χ0n) is 10.6. The van der Waals surface area contributed by atoms with Gasteiger partial charge in [-0.3, -0.25) is 4.79 Å². The molecule has 0 saturated heterocycles. The van der Waals surface area contributed by atoms with Crippen LogP contribution in [0.4, 0.5) is 0 Å². The van der Waals surface area contributed by atoms with Crippen LogP contribution in [0.3, 0.4) is 0 Å². The van der Waals surface area contributed by atoms with Crippen molar-refractivity contribution in [3.8, 4) is 0 Å². The Morgan fingerprint density at radius 1 is 1.50 bits per heavy atom. The van der Waals surface area contributed by atoms with Gasteiger partial charge in [0.05, 0.1) is 7.11 Å². The second-order valence-electron chi connectivity index (χ2n) is 3.90. The van der Waals surface area contributed by atoms with Gasteiger partial charge in [0.25, 0.3) is 0 Å². The number of hydrogen-bond donors (Lipinski definition) is 1. The molecule has 0 saturated carbocycles. The summed E-state index contributed by atoms with van der Waals surface area (Å²) in [4.78, 5) is 11.4. The van der Waals surface area contributed by atoms with E-state index in [1.54, 1.807) is 41.8 Å². The Hall–Kier alpha value is -0.310. The van der Waals surface area contributed by atoms with Crippen LogP contribution < -0.4 is 5.73 Å². The minimum atomic E-state index is -0.902. The number of carbonyl (C=O) groups is 1. The van der Waals surface area contributed by atoms with E-state index in [1.165, 1.54) is 7.11 Å². The van der Waals surface area contributed by atoms with Crippen LogP contribution in [0.1, 0.15) is 19.8 Å². The van der Waals surface area contributed by atoms with Crippen molar-refractivity contribution >= 4 is 40.8 Å². The van der Waals surface area contributed by atoms with Crippen LogP contribution in [0.5, 0.6) is 0 Å².